The van der Waals surface area contributed by atoms with E-state index in [2.05, 4.69) is 179 Å². The third-order valence-corrected chi connectivity index (χ3v) is 9.58. The molecule has 224 valence electrons. The van der Waals surface area contributed by atoms with E-state index in [9.17, 15) is 0 Å². The lowest BCUT2D eigenvalue weighted by Crippen LogP contribution is -2.03. The summed E-state index contributed by atoms with van der Waals surface area (Å²) in [6, 6.07) is 57.9. The first-order chi connectivity index (χ1) is 23.8. The number of benzene rings is 7. The summed E-state index contributed by atoms with van der Waals surface area (Å²) in [5.41, 5.74) is 9.79. The summed E-state index contributed by atoms with van der Waals surface area (Å²) in [5, 5.41) is 6.95. The van der Waals surface area contributed by atoms with Crippen LogP contribution < -0.4 is 0 Å². The van der Waals surface area contributed by atoms with Gasteiger partial charge in [-0.25, -0.2) is 9.97 Å². The number of aromatic nitrogens is 4. The molecule has 10 rings (SSSR count). The van der Waals surface area contributed by atoms with E-state index in [-0.39, 0.29) is 0 Å². The second-order valence-corrected chi connectivity index (χ2v) is 12.2. The summed E-state index contributed by atoms with van der Waals surface area (Å²) in [6.07, 6.45) is 2.17. The molecule has 0 N–H and O–H groups in total. The Morgan fingerprint density at radius 2 is 1.08 bits per heavy atom. The molecule has 4 heteroatoms. The zero-order valence-corrected chi connectivity index (χ0v) is 26.0. The summed E-state index contributed by atoms with van der Waals surface area (Å²) >= 11 is 0. The average Bonchev–Trinajstić information content (AvgIpc) is 3.74. The highest BCUT2D eigenvalue weighted by atomic mass is 15.2. The molecule has 0 amide bonds. The molecule has 0 aliphatic heterocycles. The lowest BCUT2D eigenvalue weighted by Gasteiger charge is -2.15. The number of fused-ring (bicyclic) bond motifs is 7. The number of nitrogens with zero attached hydrogens (tertiary/aromatic N) is 4. The summed E-state index contributed by atoms with van der Waals surface area (Å²) in [7, 11) is 0. The molecule has 0 bridgehead atoms. The van der Waals surface area contributed by atoms with Crippen LogP contribution in [0.1, 0.15) is 0 Å². The highest BCUT2D eigenvalue weighted by molar-refractivity contribution is 6.20. The average molecular weight is 613 g/mol. The number of hydrogen-bond donors (Lipinski definition) is 0. The van der Waals surface area contributed by atoms with Gasteiger partial charge in [-0.15, -0.1) is 0 Å². The third-order valence-electron chi connectivity index (χ3n) is 9.58. The largest absolute Gasteiger partial charge is 0.316 e. The van der Waals surface area contributed by atoms with Crippen molar-refractivity contribution >= 4 is 54.4 Å². The topological polar surface area (TPSA) is 35.6 Å². The van der Waals surface area contributed by atoms with Gasteiger partial charge in [-0.1, -0.05) is 127 Å². The molecule has 3 heterocycles. The van der Waals surface area contributed by atoms with Crippen LogP contribution in [0.2, 0.25) is 0 Å². The van der Waals surface area contributed by atoms with E-state index in [1.807, 2.05) is 0 Å². The molecule has 3 aromatic heterocycles. The van der Waals surface area contributed by atoms with Crippen molar-refractivity contribution in [2.45, 2.75) is 0 Å². The van der Waals surface area contributed by atoms with Gasteiger partial charge < -0.3 is 4.57 Å². The Kier molecular flexibility index (Phi) is 5.84. The maximum atomic E-state index is 5.46. The van der Waals surface area contributed by atoms with E-state index in [1.54, 1.807) is 0 Å². The molecule has 0 saturated carbocycles. The second kappa shape index (κ2) is 10.5. The molecule has 4 nitrogen and oxygen atoms in total. The minimum absolute atomic E-state index is 0.656. The normalized spacial score (nSPS) is 11.8. The van der Waals surface area contributed by atoms with Gasteiger partial charge in [0.2, 0.25) is 5.95 Å². The summed E-state index contributed by atoms with van der Waals surface area (Å²) < 4.78 is 4.53. The molecule has 0 unspecified atom stereocenters. The molecule has 0 atom stereocenters. The Morgan fingerprint density at radius 3 is 1.90 bits per heavy atom. The van der Waals surface area contributed by atoms with Crippen molar-refractivity contribution in [3.63, 3.8) is 0 Å². The van der Waals surface area contributed by atoms with Gasteiger partial charge in [0.15, 0.2) is 0 Å². The van der Waals surface area contributed by atoms with Crippen LogP contribution in [0.25, 0.3) is 88.4 Å². The molecule has 0 fully saturated rings. The van der Waals surface area contributed by atoms with Crippen LogP contribution >= 0.6 is 0 Å². The Balaban J connectivity index is 1.28. The van der Waals surface area contributed by atoms with Gasteiger partial charge in [0.25, 0.3) is 0 Å². The van der Waals surface area contributed by atoms with E-state index in [0.29, 0.717) is 5.95 Å². The van der Waals surface area contributed by atoms with Crippen molar-refractivity contribution < 1.29 is 0 Å². The van der Waals surface area contributed by atoms with Crippen LogP contribution in [0.5, 0.6) is 0 Å². The number of hydrogen-bond acceptors (Lipinski definition) is 2. The second-order valence-electron chi connectivity index (χ2n) is 12.2. The molecule has 10 aromatic rings. The van der Waals surface area contributed by atoms with Crippen LogP contribution in [0.3, 0.4) is 0 Å². The van der Waals surface area contributed by atoms with Gasteiger partial charge >= 0.3 is 0 Å². The highest BCUT2D eigenvalue weighted by Crippen LogP contribution is 2.40. The van der Waals surface area contributed by atoms with E-state index in [0.717, 1.165) is 38.9 Å². The lowest BCUT2D eigenvalue weighted by atomic mass is 9.93. The van der Waals surface area contributed by atoms with Crippen molar-refractivity contribution in [2.24, 2.45) is 0 Å². The molecule has 0 aliphatic rings. The Bertz CT molecular complexity index is 2830. The van der Waals surface area contributed by atoms with Gasteiger partial charge in [-0.3, -0.25) is 4.57 Å². The molecular formula is C44H28N4. The highest BCUT2D eigenvalue weighted by Gasteiger charge is 2.21. The fraction of sp³-hybridized carbons (Fsp3) is 0. The Morgan fingerprint density at radius 1 is 0.438 bits per heavy atom. The molecular weight excluding hydrogens is 585 g/mol. The van der Waals surface area contributed by atoms with Crippen molar-refractivity contribution in [3.05, 3.63) is 170 Å². The summed E-state index contributed by atoms with van der Waals surface area (Å²) in [6.45, 7) is 0. The van der Waals surface area contributed by atoms with Crippen LogP contribution in [-0.4, -0.2) is 19.1 Å². The maximum Gasteiger partial charge on any atom is 0.235 e. The fourth-order valence-electron chi connectivity index (χ4n) is 7.45. The minimum Gasteiger partial charge on any atom is -0.316 e. The maximum absolute atomic E-state index is 5.46. The molecule has 7 aromatic carbocycles. The van der Waals surface area contributed by atoms with Gasteiger partial charge in [0, 0.05) is 39.0 Å². The third kappa shape index (κ3) is 3.96. The number of rotatable bonds is 4. The van der Waals surface area contributed by atoms with Crippen molar-refractivity contribution in [1.82, 2.24) is 19.1 Å². The van der Waals surface area contributed by atoms with Crippen LogP contribution in [0.4, 0.5) is 0 Å². The van der Waals surface area contributed by atoms with Gasteiger partial charge in [-0.2, -0.15) is 0 Å². The number of para-hydroxylation sites is 3. The van der Waals surface area contributed by atoms with Crippen LogP contribution in [-0.2, 0) is 0 Å². The quantitative estimate of drug-likeness (QED) is 0.198. The molecule has 0 spiro atoms. The summed E-state index contributed by atoms with van der Waals surface area (Å²) in [5.74, 6) is 0.656. The smallest absolute Gasteiger partial charge is 0.235 e. The van der Waals surface area contributed by atoms with Gasteiger partial charge in [0.05, 0.1) is 27.8 Å². The fourth-order valence-corrected chi connectivity index (χ4v) is 7.45. The van der Waals surface area contributed by atoms with E-state index in [1.165, 1.54) is 43.6 Å². The first kappa shape index (κ1) is 26.7. The molecule has 0 radical (unpaired) electrons. The van der Waals surface area contributed by atoms with E-state index >= 15 is 0 Å². The SMILES string of the molecule is c1ccc(-c2ccc(-c3nc(-n4c5ccccc5c5c6c(ccc54)ccn6-c4ccccc4)nc4ccccc34)c3ccccc23)cc1. The first-order valence-corrected chi connectivity index (χ1v) is 16.3. The molecule has 0 aliphatic carbocycles. The lowest BCUT2D eigenvalue weighted by molar-refractivity contribution is 1.01. The zero-order valence-electron chi connectivity index (χ0n) is 26.0. The van der Waals surface area contributed by atoms with Crippen molar-refractivity contribution in [2.75, 3.05) is 0 Å². The minimum atomic E-state index is 0.656. The van der Waals surface area contributed by atoms with Crippen molar-refractivity contribution in [3.8, 4) is 34.0 Å². The van der Waals surface area contributed by atoms with Gasteiger partial charge in [-0.05, 0) is 58.3 Å². The van der Waals surface area contributed by atoms with Crippen LogP contribution in [0, 0.1) is 0 Å². The van der Waals surface area contributed by atoms with Crippen LogP contribution in [0.15, 0.2) is 170 Å². The molecule has 0 saturated heterocycles. The monoisotopic (exact) mass is 612 g/mol. The predicted octanol–water partition coefficient (Wildman–Crippen LogP) is 11.2. The Hall–Kier alpha value is -6.52. The molecule has 48 heavy (non-hydrogen) atoms. The van der Waals surface area contributed by atoms with Gasteiger partial charge in [0.1, 0.15) is 0 Å². The van der Waals surface area contributed by atoms with E-state index in [4.69, 9.17) is 9.97 Å². The summed E-state index contributed by atoms with van der Waals surface area (Å²) in [4.78, 5) is 10.7. The first-order valence-electron chi connectivity index (χ1n) is 16.3. The van der Waals surface area contributed by atoms with Crippen molar-refractivity contribution in [1.29, 1.82) is 0 Å². The predicted molar refractivity (Wildman–Crippen MR) is 199 cm³/mol. The zero-order chi connectivity index (χ0) is 31.6. The standard InChI is InChI=1S/C44H28N4/c1-3-13-29(14-4-1)32-24-25-35(34-18-8-7-17-33(32)34)42-36-19-9-11-21-38(36)45-44(46-42)48-39-22-12-10-20-37(39)41-40(48)26-23-30-27-28-47(43(30)41)31-15-5-2-6-16-31/h1-28H. The Labute approximate surface area is 276 Å². The van der Waals surface area contributed by atoms with E-state index < -0.39 is 0 Å².